The van der Waals surface area contributed by atoms with Gasteiger partial charge in [-0.1, -0.05) is 49.9 Å². The fourth-order valence-electron chi connectivity index (χ4n) is 2.71. The summed E-state index contributed by atoms with van der Waals surface area (Å²) in [7, 11) is 0. The van der Waals surface area contributed by atoms with Crippen molar-refractivity contribution < 1.29 is 4.79 Å². The van der Waals surface area contributed by atoms with Crippen molar-refractivity contribution in [3.63, 3.8) is 0 Å². The lowest BCUT2D eigenvalue weighted by atomic mass is 10.0. The molecule has 1 heterocycles. The molecule has 0 aliphatic rings. The van der Waals surface area contributed by atoms with Crippen molar-refractivity contribution in [2.75, 3.05) is 0 Å². The first kappa shape index (κ1) is 16.8. The lowest BCUT2D eigenvalue weighted by Gasteiger charge is -2.06. The number of nitrogens with zero attached hydrogens (tertiary/aromatic N) is 2. The van der Waals surface area contributed by atoms with Crippen LogP contribution >= 0.6 is 11.6 Å². The molecule has 0 amide bonds. The number of rotatable bonds is 6. The fraction of sp³-hybridized carbons (Fsp3) is 0.444. The molecule has 0 unspecified atom stereocenters. The van der Waals surface area contributed by atoms with Crippen molar-refractivity contribution in [2.45, 2.75) is 52.9 Å². The van der Waals surface area contributed by atoms with E-state index in [4.69, 9.17) is 11.6 Å². The number of halogens is 1. The highest BCUT2D eigenvalue weighted by Crippen LogP contribution is 2.21. The van der Waals surface area contributed by atoms with Crippen LogP contribution in [-0.2, 0) is 6.42 Å². The molecule has 0 saturated carbocycles. The topological polar surface area (TPSA) is 34.9 Å². The summed E-state index contributed by atoms with van der Waals surface area (Å²) in [6, 6.07) is 7.10. The van der Waals surface area contributed by atoms with E-state index >= 15 is 0 Å². The summed E-state index contributed by atoms with van der Waals surface area (Å²) < 4.78 is 1.49. The van der Waals surface area contributed by atoms with Gasteiger partial charge in [-0.25, -0.2) is 4.68 Å². The number of hydrogen-bond acceptors (Lipinski definition) is 2. The zero-order valence-electron chi connectivity index (χ0n) is 13.5. The minimum atomic E-state index is -0.161. The summed E-state index contributed by atoms with van der Waals surface area (Å²) in [6.07, 6.45) is 5.82. The maximum atomic E-state index is 12.6. The Labute approximate surface area is 137 Å². The van der Waals surface area contributed by atoms with Crippen LogP contribution < -0.4 is 0 Å². The second kappa shape index (κ2) is 7.59. The molecule has 0 radical (unpaired) electrons. The second-order valence-corrected chi connectivity index (χ2v) is 6.06. The summed E-state index contributed by atoms with van der Waals surface area (Å²) in [4.78, 5) is 12.6. The molecule has 3 nitrogen and oxygen atoms in total. The highest BCUT2D eigenvalue weighted by Gasteiger charge is 2.19. The third kappa shape index (κ3) is 3.58. The average molecular weight is 319 g/mol. The Morgan fingerprint density at radius 2 is 1.91 bits per heavy atom. The number of aromatic nitrogens is 2. The first-order valence-corrected chi connectivity index (χ1v) is 8.28. The number of benzene rings is 1. The van der Waals surface area contributed by atoms with E-state index in [2.05, 4.69) is 12.0 Å². The van der Waals surface area contributed by atoms with E-state index in [-0.39, 0.29) is 5.91 Å². The Bertz CT molecular complexity index is 661. The predicted octanol–water partition coefficient (Wildman–Crippen LogP) is 4.96. The Balaban J connectivity index is 2.22. The predicted molar refractivity (Wildman–Crippen MR) is 90.7 cm³/mol. The first-order chi connectivity index (χ1) is 10.6. The van der Waals surface area contributed by atoms with Gasteiger partial charge in [-0.05, 0) is 44.4 Å². The van der Waals surface area contributed by atoms with Crippen LogP contribution in [0.15, 0.2) is 24.3 Å². The number of carbonyl (C=O) groups excluding carboxylic acids is 1. The second-order valence-electron chi connectivity index (χ2n) is 5.66. The first-order valence-electron chi connectivity index (χ1n) is 7.90. The van der Waals surface area contributed by atoms with Gasteiger partial charge >= 0.3 is 0 Å². The molecule has 2 rings (SSSR count). The SMILES string of the molecule is CCCCCCc1c(C)nn(C(=O)c2ccccc2Cl)c1C. The third-order valence-electron chi connectivity index (χ3n) is 4.02. The molecule has 0 N–H and O–H groups in total. The van der Waals surface area contributed by atoms with Crippen LogP contribution in [0.1, 0.15) is 59.9 Å². The normalized spacial score (nSPS) is 10.9. The molecule has 0 aliphatic heterocycles. The van der Waals surface area contributed by atoms with Crippen LogP contribution in [0.5, 0.6) is 0 Å². The fourth-order valence-corrected chi connectivity index (χ4v) is 2.93. The van der Waals surface area contributed by atoms with Crippen molar-refractivity contribution in [1.82, 2.24) is 9.78 Å². The highest BCUT2D eigenvalue weighted by atomic mass is 35.5. The van der Waals surface area contributed by atoms with Crippen molar-refractivity contribution in [3.05, 3.63) is 51.8 Å². The summed E-state index contributed by atoms with van der Waals surface area (Å²) in [5.41, 5.74) is 3.55. The number of aryl methyl sites for hydroxylation is 1. The number of carbonyl (C=O) groups is 1. The van der Waals surface area contributed by atoms with Crippen LogP contribution in [0.25, 0.3) is 0 Å². The lowest BCUT2D eigenvalue weighted by molar-refractivity contribution is 0.0942. The van der Waals surface area contributed by atoms with E-state index in [9.17, 15) is 4.79 Å². The van der Waals surface area contributed by atoms with Crippen LogP contribution in [0.2, 0.25) is 5.02 Å². The van der Waals surface area contributed by atoms with Gasteiger partial charge in [0.1, 0.15) is 0 Å². The Hall–Kier alpha value is -1.61. The molecule has 2 aromatic rings. The maximum absolute atomic E-state index is 12.6. The van der Waals surface area contributed by atoms with Gasteiger partial charge in [-0.15, -0.1) is 0 Å². The standard InChI is InChI=1S/C18H23ClN2O/c1-4-5-6-7-10-15-13(2)20-21(14(15)3)18(22)16-11-8-9-12-17(16)19/h8-9,11-12H,4-7,10H2,1-3H3. The van der Waals surface area contributed by atoms with Gasteiger partial charge in [0.2, 0.25) is 0 Å². The molecule has 118 valence electrons. The minimum absolute atomic E-state index is 0.161. The molecule has 0 atom stereocenters. The van der Waals surface area contributed by atoms with Crippen molar-refractivity contribution in [2.24, 2.45) is 0 Å². The van der Waals surface area contributed by atoms with Crippen molar-refractivity contribution >= 4 is 17.5 Å². The zero-order valence-corrected chi connectivity index (χ0v) is 14.3. The minimum Gasteiger partial charge on any atom is -0.267 e. The van der Waals surface area contributed by atoms with Crippen molar-refractivity contribution in [1.29, 1.82) is 0 Å². The molecular formula is C18H23ClN2O. The van der Waals surface area contributed by atoms with E-state index in [1.807, 2.05) is 26.0 Å². The molecule has 0 saturated heterocycles. The molecular weight excluding hydrogens is 296 g/mol. The third-order valence-corrected chi connectivity index (χ3v) is 4.35. The Kier molecular flexibility index (Phi) is 5.78. The van der Waals surface area contributed by atoms with E-state index in [1.54, 1.807) is 12.1 Å². The van der Waals surface area contributed by atoms with Crippen LogP contribution in [0.3, 0.4) is 0 Å². The molecule has 0 aliphatic carbocycles. The molecule has 0 bridgehead atoms. The average Bonchev–Trinajstić information content (AvgIpc) is 2.79. The summed E-state index contributed by atoms with van der Waals surface area (Å²) in [5, 5.41) is 4.90. The molecule has 22 heavy (non-hydrogen) atoms. The zero-order chi connectivity index (χ0) is 16.1. The smallest absolute Gasteiger partial charge is 0.267 e. The van der Waals surface area contributed by atoms with Crippen LogP contribution in [0, 0.1) is 13.8 Å². The lowest BCUT2D eigenvalue weighted by Crippen LogP contribution is -2.16. The van der Waals surface area contributed by atoms with Gasteiger partial charge in [0.25, 0.3) is 5.91 Å². The molecule has 0 spiro atoms. The van der Waals surface area contributed by atoms with Crippen LogP contribution in [-0.4, -0.2) is 15.7 Å². The van der Waals surface area contributed by atoms with Crippen LogP contribution in [0.4, 0.5) is 0 Å². The largest absolute Gasteiger partial charge is 0.279 e. The van der Waals surface area contributed by atoms with Gasteiger partial charge in [-0.3, -0.25) is 4.79 Å². The molecule has 0 fully saturated rings. The summed E-state index contributed by atoms with van der Waals surface area (Å²) in [5.74, 6) is -0.161. The van der Waals surface area contributed by atoms with Gasteiger partial charge in [0.15, 0.2) is 0 Å². The number of unbranched alkanes of at least 4 members (excludes halogenated alkanes) is 3. The summed E-state index contributed by atoms with van der Waals surface area (Å²) in [6.45, 7) is 6.14. The maximum Gasteiger partial charge on any atom is 0.279 e. The van der Waals surface area contributed by atoms with E-state index in [0.717, 1.165) is 24.2 Å². The quantitative estimate of drug-likeness (QED) is 0.705. The van der Waals surface area contributed by atoms with Crippen molar-refractivity contribution in [3.8, 4) is 0 Å². The Morgan fingerprint density at radius 3 is 2.59 bits per heavy atom. The molecule has 1 aromatic heterocycles. The molecule has 4 heteroatoms. The number of hydrogen-bond donors (Lipinski definition) is 0. The Morgan fingerprint density at radius 1 is 1.18 bits per heavy atom. The van der Waals surface area contributed by atoms with E-state index in [0.29, 0.717) is 10.6 Å². The van der Waals surface area contributed by atoms with E-state index < -0.39 is 0 Å². The molecule has 1 aromatic carbocycles. The monoisotopic (exact) mass is 318 g/mol. The van der Waals surface area contributed by atoms with Gasteiger partial charge in [0, 0.05) is 5.69 Å². The summed E-state index contributed by atoms with van der Waals surface area (Å²) >= 11 is 6.12. The van der Waals surface area contributed by atoms with Gasteiger partial charge < -0.3 is 0 Å². The van der Waals surface area contributed by atoms with Gasteiger partial charge in [-0.2, -0.15) is 5.10 Å². The van der Waals surface area contributed by atoms with Gasteiger partial charge in [0.05, 0.1) is 16.3 Å². The highest BCUT2D eigenvalue weighted by molar-refractivity contribution is 6.33. The van der Waals surface area contributed by atoms with E-state index in [1.165, 1.54) is 29.5 Å².